The van der Waals surface area contributed by atoms with Crippen molar-refractivity contribution in [1.29, 1.82) is 0 Å². The van der Waals surface area contributed by atoms with Crippen molar-refractivity contribution in [1.82, 2.24) is 10.6 Å². The summed E-state index contributed by atoms with van der Waals surface area (Å²) in [5.74, 6) is -0.311. The molecule has 2 unspecified atom stereocenters. The van der Waals surface area contributed by atoms with Crippen LogP contribution in [0.1, 0.15) is 42.3 Å². The van der Waals surface area contributed by atoms with Gasteiger partial charge in [0.25, 0.3) is 5.91 Å². The molecule has 0 aliphatic rings. The highest BCUT2D eigenvalue weighted by Crippen LogP contribution is 2.23. The first kappa shape index (κ1) is 31.0. The summed E-state index contributed by atoms with van der Waals surface area (Å²) >= 11 is 6.86. The molecule has 0 fully saturated rings. The van der Waals surface area contributed by atoms with Gasteiger partial charge in [0.1, 0.15) is 18.2 Å². The summed E-state index contributed by atoms with van der Waals surface area (Å²) in [6.45, 7) is 4.36. The number of nitrogens with zero attached hydrogens (tertiary/aromatic N) is 1. The fraction of sp³-hybridized carbons (Fsp3) is 0.226. The number of aryl methyl sites for hydroxylation is 1. The molecule has 9 nitrogen and oxygen atoms in total. The Balaban J connectivity index is 1.37. The lowest BCUT2D eigenvalue weighted by Gasteiger charge is -2.21. The monoisotopic (exact) mass is 697 g/mol. The smallest absolute Gasteiger partial charge is 0.413 e. The number of anilines is 1. The first-order valence-corrected chi connectivity index (χ1v) is 15.0. The lowest BCUT2D eigenvalue weighted by molar-refractivity contribution is -0.697. The van der Waals surface area contributed by atoms with E-state index in [2.05, 4.69) is 54.7 Å². The Labute approximate surface area is 260 Å². The van der Waals surface area contributed by atoms with E-state index < -0.39 is 24.5 Å². The largest absolute Gasteiger partial charge is 0.439 e. The first-order valence-electron chi connectivity index (χ1n) is 13.4. The highest BCUT2D eigenvalue weighted by atomic mass is 79.9. The molecule has 0 bridgehead atoms. The molecule has 0 spiro atoms. The molecule has 4 aromatic rings. The number of fused-ring (bicyclic) bond motifs is 1. The molecule has 0 aliphatic carbocycles. The first-order chi connectivity index (χ1) is 20.2. The maximum atomic E-state index is 13.0. The van der Waals surface area contributed by atoms with Crippen LogP contribution in [-0.2, 0) is 16.0 Å². The Morgan fingerprint density at radius 1 is 0.881 bits per heavy atom. The molecule has 0 saturated heterocycles. The van der Waals surface area contributed by atoms with E-state index in [1.807, 2.05) is 59.3 Å². The van der Waals surface area contributed by atoms with Crippen LogP contribution in [0, 0.1) is 0 Å². The van der Waals surface area contributed by atoms with Crippen LogP contribution in [0.5, 0.6) is 0 Å². The van der Waals surface area contributed by atoms with E-state index in [0.717, 1.165) is 32.7 Å². The number of nitrogens with one attached hydrogen (secondary N) is 3. The summed E-state index contributed by atoms with van der Waals surface area (Å²) in [5.41, 5.74) is 1.73. The number of alkyl carbamates (subject to hydrolysis) is 1. The van der Waals surface area contributed by atoms with E-state index in [1.54, 1.807) is 30.5 Å². The summed E-state index contributed by atoms with van der Waals surface area (Å²) in [6.07, 6.45) is 1.25. The van der Waals surface area contributed by atoms with Crippen molar-refractivity contribution >= 4 is 66.4 Å². The van der Waals surface area contributed by atoms with Crippen molar-refractivity contribution in [3.05, 3.63) is 105 Å². The van der Waals surface area contributed by atoms with Crippen LogP contribution in [-0.4, -0.2) is 30.9 Å². The lowest BCUT2D eigenvalue weighted by atomic mass is 10.1. The standard InChI is InChI=1S/C31H30Br2N4O5/c1-3-15-37-18-23(16-25(33)19-37)29(38)34-17-28(22-11-13-24(32)14-12-22)42-30(39)35-20(2)41-31(40)36-27-10-6-8-21-7-4-5-9-26(21)27/h4-14,16,18-20,28H,3,15,17H2,1-2H3,(H2-,34,35,36,38,39,40)/p+1. The van der Waals surface area contributed by atoms with Gasteiger partial charge in [-0.25, -0.2) is 14.2 Å². The van der Waals surface area contributed by atoms with Gasteiger partial charge < -0.3 is 14.8 Å². The number of halogens is 2. The second-order valence-electron chi connectivity index (χ2n) is 9.48. The lowest BCUT2D eigenvalue weighted by Crippen LogP contribution is -2.40. The van der Waals surface area contributed by atoms with Crippen molar-refractivity contribution in [2.24, 2.45) is 0 Å². The van der Waals surface area contributed by atoms with Crippen LogP contribution < -0.4 is 20.5 Å². The molecular formula is C31H31Br2N4O5+. The van der Waals surface area contributed by atoms with Crippen molar-refractivity contribution in [3.8, 4) is 0 Å². The van der Waals surface area contributed by atoms with Gasteiger partial charge in [-0.05, 0) is 58.1 Å². The normalized spacial score (nSPS) is 12.2. The quantitative estimate of drug-likeness (QED) is 0.124. The van der Waals surface area contributed by atoms with E-state index in [1.165, 1.54) is 6.92 Å². The summed E-state index contributed by atoms with van der Waals surface area (Å²) in [6, 6.07) is 22.1. The molecule has 3 aromatic carbocycles. The van der Waals surface area contributed by atoms with Gasteiger partial charge in [-0.1, -0.05) is 71.4 Å². The predicted molar refractivity (Wildman–Crippen MR) is 167 cm³/mol. The van der Waals surface area contributed by atoms with Gasteiger partial charge in [0.2, 0.25) is 0 Å². The number of aromatic nitrogens is 1. The Morgan fingerprint density at radius 2 is 1.62 bits per heavy atom. The van der Waals surface area contributed by atoms with Crippen molar-refractivity contribution in [2.75, 3.05) is 11.9 Å². The van der Waals surface area contributed by atoms with Crippen LogP contribution >= 0.6 is 31.9 Å². The van der Waals surface area contributed by atoms with Gasteiger partial charge in [-0.15, -0.1) is 0 Å². The zero-order valence-corrected chi connectivity index (χ0v) is 26.3. The van der Waals surface area contributed by atoms with Gasteiger partial charge in [-0.2, -0.15) is 0 Å². The maximum absolute atomic E-state index is 13.0. The fourth-order valence-corrected chi connectivity index (χ4v) is 5.07. The Kier molecular flexibility index (Phi) is 10.9. The second-order valence-corrected chi connectivity index (χ2v) is 11.3. The second kappa shape index (κ2) is 14.8. The zero-order chi connectivity index (χ0) is 30.1. The highest BCUT2D eigenvalue weighted by Gasteiger charge is 2.22. The summed E-state index contributed by atoms with van der Waals surface area (Å²) in [5, 5.41) is 9.92. The molecule has 42 heavy (non-hydrogen) atoms. The van der Waals surface area contributed by atoms with Crippen molar-refractivity contribution < 1.29 is 28.4 Å². The SMILES string of the molecule is CCC[n+]1cc(Br)cc(C(=O)NCC(OC(=O)NC(C)OC(=O)Nc2cccc3ccccc23)c2ccc(Br)cc2)c1. The summed E-state index contributed by atoms with van der Waals surface area (Å²) < 4.78 is 14.6. The Bertz CT molecular complexity index is 1560. The number of carbonyl (C=O) groups is 3. The molecule has 2 atom stereocenters. The van der Waals surface area contributed by atoms with Crippen LogP contribution in [0.3, 0.4) is 0 Å². The molecule has 11 heteroatoms. The van der Waals surface area contributed by atoms with Crippen LogP contribution in [0.15, 0.2) is 94.1 Å². The molecule has 218 valence electrons. The molecule has 1 heterocycles. The molecule has 3 N–H and O–H groups in total. The van der Waals surface area contributed by atoms with Gasteiger partial charge in [0, 0.05) is 16.3 Å². The zero-order valence-electron chi connectivity index (χ0n) is 23.1. The van der Waals surface area contributed by atoms with Crippen LogP contribution in [0.25, 0.3) is 10.8 Å². The number of rotatable bonds is 10. The maximum Gasteiger partial charge on any atom is 0.413 e. The molecular weight excluding hydrogens is 668 g/mol. The van der Waals surface area contributed by atoms with Crippen molar-refractivity contribution in [3.63, 3.8) is 0 Å². The van der Waals surface area contributed by atoms with E-state index >= 15 is 0 Å². The fourth-order valence-electron chi connectivity index (χ4n) is 4.29. The molecule has 0 saturated carbocycles. The van der Waals surface area contributed by atoms with Crippen LogP contribution in [0.2, 0.25) is 0 Å². The minimum absolute atomic E-state index is 0.0188. The Morgan fingerprint density at radius 3 is 2.38 bits per heavy atom. The number of ether oxygens (including phenoxy) is 2. The third-order valence-electron chi connectivity index (χ3n) is 6.20. The Hall–Kier alpha value is -3.96. The van der Waals surface area contributed by atoms with E-state index in [4.69, 9.17) is 9.47 Å². The molecule has 4 rings (SSSR count). The van der Waals surface area contributed by atoms with Gasteiger partial charge in [-0.3, -0.25) is 15.4 Å². The molecule has 3 amide bonds. The van der Waals surface area contributed by atoms with E-state index in [0.29, 0.717) is 16.8 Å². The van der Waals surface area contributed by atoms with Gasteiger partial charge in [0.15, 0.2) is 18.6 Å². The number of hydrogen-bond acceptors (Lipinski definition) is 5. The third kappa shape index (κ3) is 8.77. The van der Waals surface area contributed by atoms with Crippen LogP contribution in [0.4, 0.5) is 15.3 Å². The third-order valence-corrected chi connectivity index (χ3v) is 7.16. The number of carbonyl (C=O) groups excluding carboxylic acids is 3. The number of benzene rings is 3. The van der Waals surface area contributed by atoms with Gasteiger partial charge in [0.05, 0.1) is 16.7 Å². The average Bonchev–Trinajstić information content (AvgIpc) is 2.95. The van der Waals surface area contributed by atoms with Crippen molar-refractivity contribution in [2.45, 2.75) is 39.1 Å². The topological polar surface area (TPSA) is 110 Å². The highest BCUT2D eigenvalue weighted by molar-refractivity contribution is 9.10. The van der Waals surface area contributed by atoms with E-state index in [9.17, 15) is 14.4 Å². The average molecular weight is 699 g/mol. The minimum atomic E-state index is -0.997. The van der Waals surface area contributed by atoms with E-state index in [-0.39, 0.29) is 12.5 Å². The summed E-state index contributed by atoms with van der Waals surface area (Å²) in [4.78, 5) is 38.3. The molecule has 0 aliphatic heterocycles. The number of pyridine rings is 1. The molecule has 0 radical (unpaired) electrons. The van der Waals surface area contributed by atoms with Gasteiger partial charge >= 0.3 is 12.2 Å². The predicted octanol–water partition coefficient (Wildman–Crippen LogP) is 6.85. The minimum Gasteiger partial charge on any atom is -0.439 e. The number of amides is 3. The summed E-state index contributed by atoms with van der Waals surface area (Å²) in [7, 11) is 0. The molecule has 1 aromatic heterocycles. The number of hydrogen-bond donors (Lipinski definition) is 3.